The molecule has 1 atom stereocenters. The van der Waals surface area contributed by atoms with Crippen molar-refractivity contribution in [1.29, 1.82) is 0 Å². The van der Waals surface area contributed by atoms with Gasteiger partial charge in [-0.25, -0.2) is 9.97 Å². The first-order chi connectivity index (χ1) is 7.27. The Morgan fingerprint density at radius 2 is 1.87 bits per heavy atom. The van der Waals surface area contributed by atoms with Crippen LogP contribution in [0.1, 0.15) is 26.7 Å². The van der Waals surface area contributed by atoms with Crippen LogP contribution in [0.3, 0.4) is 0 Å². The van der Waals surface area contributed by atoms with Crippen LogP contribution in [0.2, 0.25) is 0 Å². The van der Waals surface area contributed by atoms with Crippen LogP contribution in [-0.2, 0) is 0 Å². The molecule has 4 heteroatoms. The summed E-state index contributed by atoms with van der Waals surface area (Å²) in [5.41, 5.74) is 6.07. The van der Waals surface area contributed by atoms with E-state index in [2.05, 4.69) is 29.1 Å². The molecule has 0 amide bonds. The highest BCUT2D eigenvalue weighted by Crippen LogP contribution is 2.11. The molecule has 1 unspecified atom stereocenters. The fraction of sp³-hybridized carbons (Fsp3) is 0.636. The molecule has 0 aliphatic rings. The van der Waals surface area contributed by atoms with Gasteiger partial charge in [-0.15, -0.1) is 0 Å². The van der Waals surface area contributed by atoms with E-state index in [0.29, 0.717) is 11.9 Å². The summed E-state index contributed by atoms with van der Waals surface area (Å²) in [5, 5.41) is 3.15. The third-order valence-electron chi connectivity index (χ3n) is 2.72. The highest BCUT2D eigenvalue weighted by molar-refractivity contribution is 5.22. The van der Waals surface area contributed by atoms with Crippen molar-refractivity contribution >= 4 is 5.95 Å². The number of nitrogens with zero attached hydrogens (tertiary/aromatic N) is 2. The molecule has 1 aromatic heterocycles. The molecule has 15 heavy (non-hydrogen) atoms. The normalized spacial score (nSPS) is 12.8. The van der Waals surface area contributed by atoms with Crippen molar-refractivity contribution < 1.29 is 0 Å². The predicted octanol–water partition coefficient (Wildman–Crippen LogP) is 1.65. The van der Waals surface area contributed by atoms with E-state index < -0.39 is 0 Å². The van der Waals surface area contributed by atoms with Crippen LogP contribution in [0, 0.1) is 5.92 Å². The van der Waals surface area contributed by atoms with Crippen LogP contribution in [0.5, 0.6) is 0 Å². The largest absolute Gasteiger partial charge is 0.353 e. The third kappa shape index (κ3) is 3.83. The molecular formula is C11H20N4. The van der Waals surface area contributed by atoms with Crippen molar-refractivity contribution in [2.24, 2.45) is 11.7 Å². The lowest BCUT2D eigenvalue weighted by Gasteiger charge is -2.21. The van der Waals surface area contributed by atoms with Crippen LogP contribution < -0.4 is 11.1 Å². The quantitative estimate of drug-likeness (QED) is 0.746. The fourth-order valence-electron chi connectivity index (χ4n) is 1.66. The van der Waals surface area contributed by atoms with Gasteiger partial charge in [0, 0.05) is 25.0 Å². The first-order valence-electron chi connectivity index (χ1n) is 5.54. The Bertz CT molecular complexity index is 259. The molecule has 0 aliphatic heterocycles. The lowest BCUT2D eigenvalue weighted by atomic mass is 9.95. The molecule has 1 rings (SSSR count). The number of nitrogens with one attached hydrogen (secondary N) is 1. The first-order valence-corrected chi connectivity index (χ1v) is 5.54. The van der Waals surface area contributed by atoms with Gasteiger partial charge in [0.15, 0.2) is 0 Å². The lowest BCUT2D eigenvalue weighted by Crippen LogP contribution is -2.36. The second-order valence-electron chi connectivity index (χ2n) is 3.69. The second kappa shape index (κ2) is 6.35. The topological polar surface area (TPSA) is 63.8 Å². The van der Waals surface area contributed by atoms with Crippen molar-refractivity contribution in [3.05, 3.63) is 18.5 Å². The Balaban J connectivity index is 2.36. The Labute approximate surface area is 91.3 Å². The zero-order valence-electron chi connectivity index (χ0n) is 9.48. The Morgan fingerprint density at radius 1 is 1.27 bits per heavy atom. The van der Waals surface area contributed by atoms with Gasteiger partial charge in [-0.3, -0.25) is 0 Å². The number of hydrogen-bond donors (Lipinski definition) is 2. The molecule has 84 valence electrons. The molecule has 0 bridgehead atoms. The number of rotatable bonds is 6. The van der Waals surface area contributed by atoms with E-state index in [9.17, 15) is 0 Å². The first kappa shape index (κ1) is 11.9. The number of hydrogen-bond acceptors (Lipinski definition) is 4. The summed E-state index contributed by atoms with van der Waals surface area (Å²) in [6.45, 7) is 5.08. The molecule has 0 aromatic carbocycles. The molecule has 3 N–H and O–H groups in total. The SMILES string of the molecule is CCC(CC)C(N)CNc1ncccn1. The summed E-state index contributed by atoms with van der Waals surface area (Å²) in [5.74, 6) is 1.22. The second-order valence-corrected chi connectivity index (χ2v) is 3.69. The van der Waals surface area contributed by atoms with Crippen LogP contribution in [0.4, 0.5) is 5.95 Å². The minimum atomic E-state index is 0.170. The van der Waals surface area contributed by atoms with Crippen molar-refractivity contribution in [2.45, 2.75) is 32.7 Å². The van der Waals surface area contributed by atoms with Crippen molar-refractivity contribution in [1.82, 2.24) is 9.97 Å². The molecule has 1 heterocycles. The summed E-state index contributed by atoms with van der Waals surface area (Å²) in [6.07, 6.45) is 5.68. The molecule has 0 aliphatic carbocycles. The van der Waals surface area contributed by atoms with Gasteiger partial charge in [0.2, 0.25) is 5.95 Å². The minimum absolute atomic E-state index is 0.170. The maximum atomic E-state index is 6.07. The lowest BCUT2D eigenvalue weighted by molar-refractivity contribution is 0.407. The molecule has 0 fully saturated rings. The third-order valence-corrected chi connectivity index (χ3v) is 2.72. The van der Waals surface area contributed by atoms with E-state index in [-0.39, 0.29) is 6.04 Å². The van der Waals surface area contributed by atoms with Gasteiger partial charge in [-0.05, 0) is 12.0 Å². The number of anilines is 1. The average molecular weight is 208 g/mol. The summed E-state index contributed by atoms with van der Waals surface area (Å²) < 4.78 is 0. The van der Waals surface area contributed by atoms with E-state index in [1.54, 1.807) is 18.5 Å². The Hall–Kier alpha value is -1.16. The number of nitrogens with two attached hydrogens (primary N) is 1. The zero-order chi connectivity index (χ0) is 11.1. The molecular weight excluding hydrogens is 188 g/mol. The van der Waals surface area contributed by atoms with E-state index in [4.69, 9.17) is 5.73 Å². The monoisotopic (exact) mass is 208 g/mol. The Kier molecular flexibility index (Phi) is 5.04. The van der Waals surface area contributed by atoms with Crippen molar-refractivity contribution in [2.75, 3.05) is 11.9 Å². The molecule has 4 nitrogen and oxygen atoms in total. The summed E-state index contributed by atoms with van der Waals surface area (Å²) in [7, 11) is 0. The van der Waals surface area contributed by atoms with Gasteiger partial charge in [0.05, 0.1) is 0 Å². The van der Waals surface area contributed by atoms with Crippen LogP contribution in [0.25, 0.3) is 0 Å². The van der Waals surface area contributed by atoms with Gasteiger partial charge in [0.1, 0.15) is 0 Å². The molecule has 0 saturated carbocycles. The van der Waals surface area contributed by atoms with E-state index in [1.165, 1.54) is 0 Å². The highest BCUT2D eigenvalue weighted by atomic mass is 15.1. The zero-order valence-corrected chi connectivity index (χ0v) is 9.48. The minimum Gasteiger partial charge on any atom is -0.353 e. The summed E-state index contributed by atoms with van der Waals surface area (Å²) in [6, 6.07) is 1.97. The maximum absolute atomic E-state index is 6.07. The standard InChI is InChI=1S/C11H20N4/c1-3-9(4-2)10(12)8-15-11-13-6-5-7-14-11/h5-7,9-10H,3-4,8,12H2,1-2H3,(H,13,14,15). The van der Waals surface area contributed by atoms with Crippen LogP contribution >= 0.6 is 0 Å². The highest BCUT2D eigenvalue weighted by Gasteiger charge is 2.13. The predicted molar refractivity (Wildman–Crippen MR) is 62.6 cm³/mol. The smallest absolute Gasteiger partial charge is 0.222 e. The summed E-state index contributed by atoms with van der Waals surface area (Å²) >= 11 is 0. The Morgan fingerprint density at radius 3 is 2.40 bits per heavy atom. The molecule has 0 spiro atoms. The van der Waals surface area contributed by atoms with Crippen molar-refractivity contribution in [3.63, 3.8) is 0 Å². The van der Waals surface area contributed by atoms with E-state index >= 15 is 0 Å². The molecule has 1 aromatic rings. The molecule has 0 radical (unpaired) electrons. The van der Waals surface area contributed by atoms with Gasteiger partial charge in [-0.1, -0.05) is 26.7 Å². The van der Waals surface area contributed by atoms with E-state index in [1.807, 2.05) is 0 Å². The van der Waals surface area contributed by atoms with Gasteiger partial charge < -0.3 is 11.1 Å². The number of aromatic nitrogens is 2. The summed E-state index contributed by atoms with van der Waals surface area (Å²) in [4.78, 5) is 8.17. The van der Waals surface area contributed by atoms with Gasteiger partial charge >= 0.3 is 0 Å². The fourth-order valence-corrected chi connectivity index (χ4v) is 1.66. The average Bonchev–Trinajstić information content (AvgIpc) is 2.29. The van der Waals surface area contributed by atoms with Gasteiger partial charge in [-0.2, -0.15) is 0 Å². The van der Waals surface area contributed by atoms with Crippen LogP contribution in [-0.4, -0.2) is 22.6 Å². The van der Waals surface area contributed by atoms with Gasteiger partial charge in [0.25, 0.3) is 0 Å². The molecule has 0 saturated heterocycles. The maximum Gasteiger partial charge on any atom is 0.222 e. The van der Waals surface area contributed by atoms with Crippen molar-refractivity contribution in [3.8, 4) is 0 Å². The van der Waals surface area contributed by atoms with E-state index in [0.717, 1.165) is 19.4 Å². The van der Waals surface area contributed by atoms with Crippen LogP contribution in [0.15, 0.2) is 18.5 Å².